The van der Waals surface area contributed by atoms with E-state index in [-0.39, 0.29) is 11.9 Å². The molecule has 106 valence electrons. The van der Waals surface area contributed by atoms with Crippen LogP contribution in [-0.4, -0.2) is 17.1 Å². The average Bonchev–Trinajstić information content (AvgIpc) is 2.48. The predicted octanol–water partition coefficient (Wildman–Crippen LogP) is 2.13. The van der Waals surface area contributed by atoms with Crippen molar-refractivity contribution in [3.63, 3.8) is 0 Å². The molecule has 1 aromatic carbocycles. The molecular weight excluding hydrogens is 327 g/mol. The van der Waals surface area contributed by atoms with Crippen molar-refractivity contribution in [1.82, 2.24) is 15.4 Å². The van der Waals surface area contributed by atoms with E-state index in [4.69, 9.17) is 10.6 Å². The molecular formula is C13H14BrFN4O. The van der Waals surface area contributed by atoms with Crippen molar-refractivity contribution in [3.8, 4) is 5.88 Å². The van der Waals surface area contributed by atoms with Crippen LogP contribution in [0.15, 0.2) is 35.1 Å². The van der Waals surface area contributed by atoms with E-state index >= 15 is 0 Å². The van der Waals surface area contributed by atoms with Gasteiger partial charge in [-0.15, -0.1) is 0 Å². The number of halogens is 2. The molecule has 1 heterocycles. The molecule has 7 heteroatoms. The topological polar surface area (TPSA) is 73.1 Å². The molecule has 0 aliphatic heterocycles. The summed E-state index contributed by atoms with van der Waals surface area (Å²) in [5.41, 5.74) is 4.33. The standard InChI is InChI=1S/C13H14BrFN4O/c1-20-13-6-11(17-7-18-13)12(19-16)5-8-2-3-10(15)9(14)4-8/h2-4,6-7,12,19H,5,16H2,1H3. The van der Waals surface area contributed by atoms with Gasteiger partial charge >= 0.3 is 0 Å². The van der Waals surface area contributed by atoms with E-state index < -0.39 is 0 Å². The maximum Gasteiger partial charge on any atom is 0.216 e. The highest BCUT2D eigenvalue weighted by Crippen LogP contribution is 2.22. The fourth-order valence-corrected chi connectivity index (χ4v) is 2.23. The van der Waals surface area contributed by atoms with Crippen molar-refractivity contribution >= 4 is 15.9 Å². The van der Waals surface area contributed by atoms with Gasteiger partial charge in [-0.05, 0) is 40.0 Å². The number of hydrogen-bond acceptors (Lipinski definition) is 5. The third-order valence-corrected chi connectivity index (χ3v) is 3.46. The summed E-state index contributed by atoms with van der Waals surface area (Å²) in [6.07, 6.45) is 1.98. The van der Waals surface area contributed by atoms with Crippen molar-refractivity contribution in [3.05, 3.63) is 52.1 Å². The fourth-order valence-electron chi connectivity index (χ4n) is 1.81. The second-order valence-corrected chi connectivity index (χ2v) is 5.01. The molecule has 0 saturated heterocycles. The Morgan fingerprint density at radius 3 is 2.85 bits per heavy atom. The minimum atomic E-state index is -0.297. The van der Waals surface area contributed by atoms with Gasteiger partial charge in [0.25, 0.3) is 0 Å². The summed E-state index contributed by atoms with van der Waals surface area (Å²) < 4.78 is 18.7. The highest BCUT2D eigenvalue weighted by molar-refractivity contribution is 9.10. The number of rotatable bonds is 5. The predicted molar refractivity (Wildman–Crippen MR) is 76.5 cm³/mol. The van der Waals surface area contributed by atoms with Gasteiger partial charge in [-0.2, -0.15) is 0 Å². The second kappa shape index (κ2) is 6.74. The first-order valence-corrected chi connectivity index (χ1v) is 6.69. The molecule has 1 atom stereocenters. The molecule has 1 aromatic heterocycles. The molecule has 0 amide bonds. The van der Waals surface area contributed by atoms with Gasteiger partial charge in [0.05, 0.1) is 23.3 Å². The van der Waals surface area contributed by atoms with E-state index in [1.807, 2.05) is 0 Å². The molecule has 0 aliphatic carbocycles. The maximum atomic E-state index is 13.2. The fraction of sp³-hybridized carbons (Fsp3) is 0.231. The largest absolute Gasteiger partial charge is 0.481 e. The van der Waals surface area contributed by atoms with Crippen molar-refractivity contribution in [2.45, 2.75) is 12.5 Å². The zero-order chi connectivity index (χ0) is 14.5. The van der Waals surface area contributed by atoms with Crippen LogP contribution in [-0.2, 0) is 6.42 Å². The first-order valence-electron chi connectivity index (χ1n) is 5.90. The Labute approximate surface area is 124 Å². The van der Waals surface area contributed by atoms with Gasteiger partial charge in [0.2, 0.25) is 5.88 Å². The Hall–Kier alpha value is -1.57. The lowest BCUT2D eigenvalue weighted by Gasteiger charge is -2.16. The number of ether oxygens (including phenoxy) is 1. The summed E-state index contributed by atoms with van der Waals surface area (Å²) in [6.45, 7) is 0. The van der Waals surface area contributed by atoms with E-state index in [1.165, 1.54) is 19.5 Å². The number of nitrogens with two attached hydrogens (primary N) is 1. The molecule has 0 fully saturated rings. The van der Waals surface area contributed by atoms with Crippen molar-refractivity contribution in [2.75, 3.05) is 7.11 Å². The van der Waals surface area contributed by atoms with Crippen LogP contribution >= 0.6 is 15.9 Å². The van der Waals surface area contributed by atoms with Crippen LogP contribution in [0.25, 0.3) is 0 Å². The SMILES string of the molecule is COc1cc(C(Cc2ccc(F)c(Br)c2)NN)ncn1. The van der Waals surface area contributed by atoms with Gasteiger partial charge in [-0.1, -0.05) is 6.07 Å². The summed E-state index contributed by atoms with van der Waals surface area (Å²) in [4.78, 5) is 8.12. The Bertz CT molecular complexity index is 596. The van der Waals surface area contributed by atoms with Crippen molar-refractivity contribution in [2.24, 2.45) is 5.84 Å². The number of nitrogens with zero attached hydrogens (tertiary/aromatic N) is 2. The van der Waals surface area contributed by atoms with Crippen LogP contribution in [0.4, 0.5) is 4.39 Å². The van der Waals surface area contributed by atoms with Crippen LogP contribution in [0, 0.1) is 5.82 Å². The van der Waals surface area contributed by atoms with Gasteiger partial charge < -0.3 is 4.74 Å². The number of aromatic nitrogens is 2. The van der Waals surface area contributed by atoms with Crippen LogP contribution < -0.4 is 16.0 Å². The van der Waals surface area contributed by atoms with Crippen molar-refractivity contribution in [1.29, 1.82) is 0 Å². The molecule has 0 bridgehead atoms. The van der Waals surface area contributed by atoms with Crippen LogP contribution in [0.5, 0.6) is 5.88 Å². The van der Waals surface area contributed by atoms with E-state index in [0.29, 0.717) is 22.5 Å². The van der Waals surface area contributed by atoms with Crippen molar-refractivity contribution < 1.29 is 9.13 Å². The van der Waals surface area contributed by atoms with E-state index in [2.05, 4.69) is 31.3 Å². The molecule has 0 saturated carbocycles. The van der Waals surface area contributed by atoms with Gasteiger partial charge in [0.15, 0.2) is 0 Å². The number of nitrogens with one attached hydrogen (secondary N) is 1. The van der Waals surface area contributed by atoms with Crippen LogP contribution in [0.3, 0.4) is 0 Å². The maximum absolute atomic E-state index is 13.2. The average molecular weight is 341 g/mol. The lowest BCUT2D eigenvalue weighted by Crippen LogP contribution is -2.30. The molecule has 20 heavy (non-hydrogen) atoms. The first-order chi connectivity index (χ1) is 9.63. The molecule has 5 nitrogen and oxygen atoms in total. The van der Waals surface area contributed by atoms with Crippen LogP contribution in [0.1, 0.15) is 17.3 Å². The van der Waals surface area contributed by atoms with Gasteiger partial charge in [-0.3, -0.25) is 11.3 Å². The summed E-state index contributed by atoms with van der Waals surface area (Å²) >= 11 is 3.16. The summed E-state index contributed by atoms with van der Waals surface area (Å²) in [6, 6.07) is 6.33. The molecule has 0 spiro atoms. The highest BCUT2D eigenvalue weighted by Gasteiger charge is 2.14. The van der Waals surface area contributed by atoms with E-state index in [0.717, 1.165) is 5.56 Å². The van der Waals surface area contributed by atoms with Gasteiger partial charge in [-0.25, -0.2) is 14.4 Å². The Morgan fingerprint density at radius 2 is 2.20 bits per heavy atom. The molecule has 0 aliphatic rings. The molecule has 3 N–H and O–H groups in total. The van der Waals surface area contributed by atoms with Crippen LogP contribution in [0.2, 0.25) is 0 Å². The molecule has 2 rings (SSSR count). The zero-order valence-corrected chi connectivity index (χ0v) is 12.4. The second-order valence-electron chi connectivity index (χ2n) is 4.16. The Morgan fingerprint density at radius 1 is 1.40 bits per heavy atom. The number of methoxy groups -OCH3 is 1. The summed E-state index contributed by atoms with van der Waals surface area (Å²) in [5, 5.41) is 0. The number of hydrazine groups is 1. The highest BCUT2D eigenvalue weighted by atomic mass is 79.9. The minimum absolute atomic E-state index is 0.218. The normalized spacial score (nSPS) is 12.2. The lowest BCUT2D eigenvalue weighted by molar-refractivity contribution is 0.393. The zero-order valence-electron chi connectivity index (χ0n) is 10.8. The summed E-state index contributed by atoms with van der Waals surface area (Å²) in [7, 11) is 1.54. The lowest BCUT2D eigenvalue weighted by atomic mass is 10.0. The van der Waals surface area contributed by atoms with Gasteiger partial charge in [0, 0.05) is 6.07 Å². The van der Waals surface area contributed by atoms with E-state index in [9.17, 15) is 4.39 Å². The first kappa shape index (κ1) is 14.8. The third kappa shape index (κ3) is 3.50. The Balaban J connectivity index is 2.21. The third-order valence-electron chi connectivity index (χ3n) is 2.85. The Kier molecular flexibility index (Phi) is 4.99. The molecule has 1 unspecified atom stereocenters. The summed E-state index contributed by atoms with van der Waals surface area (Å²) in [5.74, 6) is 5.75. The monoisotopic (exact) mass is 340 g/mol. The molecule has 0 radical (unpaired) electrons. The number of hydrogen-bond donors (Lipinski definition) is 2. The quantitative estimate of drug-likeness (QED) is 0.644. The smallest absolute Gasteiger partial charge is 0.216 e. The number of benzene rings is 1. The minimum Gasteiger partial charge on any atom is -0.481 e. The molecule has 2 aromatic rings. The van der Waals surface area contributed by atoms with Gasteiger partial charge in [0.1, 0.15) is 12.1 Å². The van der Waals surface area contributed by atoms with E-state index in [1.54, 1.807) is 18.2 Å².